The van der Waals surface area contributed by atoms with Crippen LogP contribution in [0.1, 0.15) is 22.7 Å². The fourth-order valence-electron chi connectivity index (χ4n) is 3.79. The maximum Gasteiger partial charge on any atom is 0.243 e. The summed E-state index contributed by atoms with van der Waals surface area (Å²) in [6.07, 6.45) is 0. The second-order valence-corrected chi connectivity index (χ2v) is 10.9. The van der Waals surface area contributed by atoms with Crippen LogP contribution in [0.4, 0.5) is 0 Å². The van der Waals surface area contributed by atoms with Crippen molar-refractivity contribution in [3.63, 3.8) is 0 Å². The fraction of sp³-hybridized carbons (Fsp3) is 0.107. The van der Waals surface area contributed by atoms with Gasteiger partial charge in [-0.05, 0) is 41.0 Å². The molecule has 0 aromatic heterocycles. The molecule has 0 aliphatic rings. The van der Waals surface area contributed by atoms with Gasteiger partial charge in [-0.15, -0.1) is 0 Å². The maximum absolute atomic E-state index is 13.5. The van der Waals surface area contributed by atoms with E-state index >= 15 is 0 Å². The molecule has 0 unspecified atom stereocenters. The van der Waals surface area contributed by atoms with Crippen LogP contribution in [-0.4, -0.2) is 25.2 Å². The van der Waals surface area contributed by atoms with E-state index in [1.165, 1.54) is 16.4 Å². The lowest BCUT2D eigenvalue weighted by Gasteiger charge is -2.25. The van der Waals surface area contributed by atoms with Crippen molar-refractivity contribution in [3.05, 3.63) is 136 Å². The standard InChI is InChI=1S/C28H25BrN2O3S/c29-25-16-18-26(19-17-25)35(33,34)31(20-22-10-4-1-5-11-22)21-27(32)30-28(23-12-6-2-7-13-23)24-14-8-3-9-15-24/h1-19,28H,20-21H2,(H,30,32). The number of carbonyl (C=O) groups is 1. The maximum atomic E-state index is 13.5. The Kier molecular flexibility index (Phi) is 8.13. The average molecular weight is 549 g/mol. The Labute approximate surface area is 214 Å². The second-order valence-electron chi connectivity index (χ2n) is 8.03. The van der Waals surface area contributed by atoms with Crippen molar-refractivity contribution < 1.29 is 13.2 Å². The van der Waals surface area contributed by atoms with Crippen LogP contribution in [0, 0.1) is 0 Å². The molecule has 4 aromatic carbocycles. The summed E-state index contributed by atoms with van der Waals surface area (Å²) in [5.74, 6) is -0.390. The minimum atomic E-state index is -3.92. The predicted octanol–water partition coefficient (Wildman–Crippen LogP) is 5.55. The van der Waals surface area contributed by atoms with Gasteiger partial charge in [-0.1, -0.05) is 107 Å². The van der Waals surface area contributed by atoms with Crippen molar-refractivity contribution >= 4 is 31.9 Å². The Morgan fingerprint density at radius 3 is 1.74 bits per heavy atom. The summed E-state index contributed by atoms with van der Waals surface area (Å²) >= 11 is 3.34. The highest BCUT2D eigenvalue weighted by molar-refractivity contribution is 9.10. The first kappa shape index (κ1) is 24.9. The molecule has 4 rings (SSSR count). The molecule has 0 saturated carbocycles. The summed E-state index contributed by atoms with van der Waals surface area (Å²) in [7, 11) is -3.92. The Balaban J connectivity index is 1.62. The van der Waals surface area contributed by atoms with Crippen LogP contribution >= 0.6 is 15.9 Å². The Morgan fingerprint density at radius 2 is 1.23 bits per heavy atom. The molecule has 7 heteroatoms. The first-order valence-electron chi connectivity index (χ1n) is 11.1. The molecule has 1 amide bonds. The van der Waals surface area contributed by atoms with Gasteiger partial charge in [0.15, 0.2) is 0 Å². The number of halogens is 1. The highest BCUT2D eigenvalue weighted by atomic mass is 79.9. The van der Waals surface area contributed by atoms with Crippen molar-refractivity contribution in [2.75, 3.05) is 6.54 Å². The van der Waals surface area contributed by atoms with Crippen molar-refractivity contribution in [1.82, 2.24) is 9.62 Å². The van der Waals surface area contributed by atoms with E-state index in [1.54, 1.807) is 12.1 Å². The molecule has 0 bridgehead atoms. The van der Waals surface area contributed by atoms with E-state index in [-0.39, 0.29) is 23.9 Å². The zero-order chi connectivity index (χ0) is 24.7. The summed E-state index contributed by atoms with van der Waals surface area (Å²) in [6, 6.07) is 34.5. The van der Waals surface area contributed by atoms with Gasteiger partial charge in [-0.3, -0.25) is 4.79 Å². The number of rotatable bonds is 9. The predicted molar refractivity (Wildman–Crippen MR) is 141 cm³/mol. The third kappa shape index (κ3) is 6.45. The van der Waals surface area contributed by atoms with Gasteiger partial charge in [0.2, 0.25) is 15.9 Å². The summed E-state index contributed by atoms with van der Waals surface area (Å²) in [4.78, 5) is 13.4. The van der Waals surface area contributed by atoms with Gasteiger partial charge in [0, 0.05) is 11.0 Å². The van der Waals surface area contributed by atoms with Crippen LogP contribution in [0.25, 0.3) is 0 Å². The van der Waals surface area contributed by atoms with Gasteiger partial charge in [-0.25, -0.2) is 8.42 Å². The fourth-order valence-corrected chi connectivity index (χ4v) is 5.43. The van der Waals surface area contributed by atoms with Gasteiger partial charge in [0.1, 0.15) is 0 Å². The molecule has 4 aromatic rings. The largest absolute Gasteiger partial charge is 0.344 e. The zero-order valence-electron chi connectivity index (χ0n) is 18.9. The third-order valence-electron chi connectivity index (χ3n) is 5.54. The smallest absolute Gasteiger partial charge is 0.243 e. The van der Waals surface area contributed by atoms with Crippen LogP contribution in [-0.2, 0) is 21.4 Å². The number of nitrogens with zero attached hydrogens (tertiary/aromatic N) is 1. The number of hydrogen-bond donors (Lipinski definition) is 1. The molecule has 0 atom stereocenters. The van der Waals surface area contributed by atoms with Gasteiger partial charge in [0.05, 0.1) is 17.5 Å². The second kappa shape index (κ2) is 11.4. The van der Waals surface area contributed by atoms with E-state index in [1.807, 2.05) is 91.0 Å². The molecule has 0 heterocycles. The van der Waals surface area contributed by atoms with E-state index in [2.05, 4.69) is 21.2 Å². The highest BCUT2D eigenvalue weighted by Gasteiger charge is 2.28. The number of amides is 1. The number of nitrogens with one attached hydrogen (secondary N) is 1. The Bertz CT molecular complexity index is 1310. The van der Waals surface area contributed by atoms with Crippen LogP contribution in [0.15, 0.2) is 125 Å². The van der Waals surface area contributed by atoms with Crippen LogP contribution in [0.5, 0.6) is 0 Å². The van der Waals surface area contributed by atoms with E-state index in [0.717, 1.165) is 21.2 Å². The van der Waals surface area contributed by atoms with Crippen molar-refractivity contribution in [1.29, 1.82) is 0 Å². The van der Waals surface area contributed by atoms with Crippen molar-refractivity contribution in [2.24, 2.45) is 0 Å². The number of benzene rings is 4. The number of carbonyl (C=O) groups excluding carboxylic acids is 1. The van der Waals surface area contributed by atoms with Crippen molar-refractivity contribution in [2.45, 2.75) is 17.5 Å². The molecular formula is C28H25BrN2O3S. The molecule has 5 nitrogen and oxygen atoms in total. The topological polar surface area (TPSA) is 66.5 Å². The number of sulfonamides is 1. The molecule has 0 radical (unpaired) electrons. The van der Waals surface area contributed by atoms with Gasteiger partial charge >= 0.3 is 0 Å². The molecule has 0 aliphatic carbocycles. The summed E-state index contributed by atoms with van der Waals surface area (Å²) in [6.45, 7) is -0.239. The van der Waals surface area contributed by atoms with Gasteiger partial charge in [-0.2, -0.15) is 4.31 Å². The van der Waals surface area contributed by atoms with E-state index in [9.17, 15) is 13.2 Å². The van der Waals surface area contributed by atoms with Crippen LogP contribution in [0.3, 0.4) is 0 Å². The monoisotopic (exact) mass is 548 g/mol. The summed E-state index contributed by atoms with van der Waals surface area (Å²) in [5.41, 5.74) is 2.62. The zero-order valence-corrected chi connectivity index (χ0v) is 21.3. The molecule has 178 valence electrons. The molecular weight excluding hydrogens is 524 g/mol. The highest BCUT2D eigenvalue weighted by Crippen LogP contribution is 2.23. The lowest BCUT2D eigenvalue weighted by atomic mass is 9.99. The van der Waals surface area contributed by atoms with Crippen molar-refractivity contribution in [3.8, 4) is 0 Å². The average Bonchev–Trinajstić information content (AvgIpc) is 2.89. The van der Waals surface area contributed by atoms with E-state index < -0.39 is 16.1 Å². The molecule has 0 spiro atoms. The lowest BCUT2D eigenvalue weighted by Crippen LogP contribution is -2.41. The Morgan fingerprint density at radius 1 is 0.743 bits per heavy atom. The molecule has 1 N–H and O–H groups in total. The third-order valence-corrected chi connectivity index (χ3v) is 7.88. The molecule has 0 fully saturated rings. The molecule has 0 aliphatic heterocycles. The summed E-state index contributed by atoms with van der Waals surface area (Å²) in [5, 5.41) is 3.05. The van der Waals surface area contributed by atoms with Gasteiger partial charge < -0.3 is 5.32 Å². The molecule has 35 heavy (non-hydrogen) atoms. The normalized spacial score (nSPS) is 11.5. The SMILES string of the molecule is O=C(CN(Cc1ccccc1)S(=O)(=O)c1ccc(Br)cc1)NC(c1ccccc1)c1ccccc1. The first-order valence-corrected chi connectivity index (χ1v) is 13.4. The number of hydrogen-bond acceptors (Lipinski definition) is 3. The van der Waals surface area contributed by atoms with Crippen LogP contribution in [0.2, 0.25) is 0 Å². The lowest BCUT2D eigenvalue weighted by molar-refractivity contribution is -0.121. The first-order chi connectivity index (χ1) is 16.9. The van der Waals surface area contributed by atoms with E-state index in [0.29, 0.717) is 0 Å². The van der Waals surface area contributed by atoms with Crippen LogP contribution < -0.4 is 5.32 Å². The summed E-state index contributed by atoms with van der Waals surface area (Å²) < 4.78 is 29.1. The molecule has 0 saturated heterocycles. The minimum Gasteiger partial charge on any atom is -0.344 e. The quantitative estimate of drug-likeness (QED) is 0.298. The van der Waals surface area contributed by atoms with E-state index in [4.69, 9.17) is 0 Å². The van der Waals surface area contributed by atoms with Gasteiger partial charge in [0.25, 0.3) is 0 Å². The minimum absolute atomic E-state index is 0.0774. The Hall–Kier alpha value is -3.26.